The number of carbonyl (C=O) groups excluding carboxylic acids is 1. The van der Waals surface area contributed by atoms with Gasteiger partial charge in [-0.1, -0.05) is 24.3 Å². The molecular formula is C18H19FN2O2. The lowest BCUT2D eigenvalue weighted by Gasteiger charge is -2.19. The first-order chi connectivity index (χ1) is 10.8. The number of amides is 1. The van der Waals surface area contributed by atoms with Crippen LogP contribution >= 0.6 is 0 Å². The normalized spacial score (nSPS) is 11.1. The first-order valence-corrected chi connectivity index (χ1v) is 7.39. The fourth-order valence-corrected chi connectivity index (χ4v) is 2.29. The summed E-state index contributed by atoms with van der Waals surface area (Å²) in [4.78, 5) is 11.6. The molecule has 0 saturated heterocycles. The van der Waals surface area contributed by atoms with E-state index in [9.17, 15) is 14.4 Å². The van der Waals surface area contributed by atoms with Gasteiger partial charge in [-0.2, -0.15) is 5.26 Å². The number of hydrogen-bond acceptors (Lipinski definition) is 3. The zero-order chi connectivity index (χ0) is 17.0. The van der Waals surface area contributed by atoms with Crippen LogP contribution < -0.4 is 5.32 Å². The number of nitrogens with zero attached hydrogens (tertiary/aromatic N) is 1. The molecule has 0 heterocycles. The molecule has 2 aromatic rings. The average molecular weight is 314 g/mol. The number of alkyl carbamates (subject to hydrolysis) is 1. The van der Waals surface area contributed by atoms with E-state index >= 15 is 0 Å². The van der Waals surface area contributed by atoms with Crippen LogP contribution in [-0.2, 0) is 11.2 Å². The zero-order valence-corrected chi connectivity index (χ0v) is 13.4. The summed E-state index contributed by atoms with van der Waals surface area (Å²) >= 11 is 0. The largest absolute Gasteiger partial charge is 0.444 e. The first kappa shape index (κ1) is 16.8. The van der Waals surface area contributed by atoms with Crippen molar-refractivity contribution >= 4 is 16.9 Å². The molecule has 0 aliphatic heterocycles. The Labute approximate surface area is 134 Å². The van der Waals surface area contributed by atoms with Crippen molar-refractivity contribution in [1.82, 2.24) is 5.32 Å². The van der Waals surface area contributed by atoms with Crippen molar-refractivity contribution in [3.8, 4) is 6.07 Å². The molecule has 120 valence electrons. The monoisotopic (exact) mass is 314 g/mol. The van der Waals surface area contributed by atoms with Gasteiger partial charge in [0.2, 0.25) is 0 Å². The standard InChI is InChI=1S/C18H19FN2O2/c1-18(2,3)23-17(22)21-9-8-15-13(11-20)10-12-6-4-5-7-14(12)16(15)19/h4-7,10H,8-9H2,1-3H3,(H,21,22). The van der Waals surface area contributed by atoms with Gasteiger partial charge in [0.25, 0.3) is 0 Å². The van der Waals surface area contributed by atoms with E-state index in [0.29, 0.717) is 16.3 Å². The maximum atomic E-state index is 14.6. The van der Waals surface area contributed by atoms with E-state index in [2.05, 4.69) is 5.32 Å². The van der Waals surface area contributed by atoms with Gasteiger partial charge in [-0.3, -0.25) is 0 Å². The molecule has 0 fully saturated rings. The van der Waals surface area contributed by atoms with Gasteiger partial charge in [-0.15, -0.1) is 0 Å². The molecule has 0 aliphatic carbocycles. The quantitative estimate of drug-likeness (QED) is 0.934. The molecule has 1 N–H and O–H groups in total. The van der Waals surface area contributed by atoms with Gasteiger partial charge in [0.05, 0.1) is 11.6 Å². The van der Waals surface area contributed by atoms with Crippen LogP contribution in [0.2, 0.25) is 0 Å². The lowest BCUT2D eigenvalue weighted by atomic mass is 9.98. The summed E-state index contributed by atoms with van der Waals surface area (Å²) in [5.41, 5.74) is 0.00488. The lowest BCUT2D eigenvalue weighted by molar-refractivity contribution is 0.0528. The summed E-state index contributed by atoms with van der Waals surface area (Å²) in [5.74, 6) is -0.411. The lowest BCUT2D eigenvalue weighted by Crippen LogP contribution is -2.33. The minimum Gasteiger partial charge on any atom is -0.444 e. The number of benzene rings is 2. The molecule has 2 aromatic carbocycles. The first-order valence-electron chi connectivity index (χ1n) is 7.39. The van der Waals surface area contributed by atoms with Gasteiger partial charge in [0.1, 0.15) is 11.4 Å². The molecule has 1 amide bonds. The summed E-state index contributed by atoms with van der Waals surface area (Å²) in [5, 5.41) is 13.0. The van der Waals surface area contributed by atoms with Crippen molar-refractivity contribution in [2.75, 3.05) is 6.54 Å². The van der Waals surface area contributed by atoms with Gasteiger partial charge in [0, 0.05) is 17.5 Å². The van der Waals surface area contributed by atoms with Gasteiger partial charge in [0.15, 0.2) is 0 Å². The molecule has 0 aromatic heterocycles. The van der Waals surface area contributed by atoms with Crippen molar-refractivity contribution < 1.29 is 13.9 Å². The molecule has 0 radical (unpaired) electrons. The maximum absolute atomic E-state index is 14.6. The minimum atomic E-state index is -0.587. The van der Waals surface area contributed by atoms with Crippen LogP contribution in [0.15, 0.2) is 30.3 Å². The summed E-state index contributed by atoms with van der Waals surface area (Å²) < 4.78 is 19.7. The second-order valence-electron chi connectivity index (χ2n) is 6.23. The van der Waals surface area contributed by atoms with E-state index in [0.717, 1.165) is 0 Å². The predicted octanol–water partition coefficient (Wildman–Crippen LogP) is 3.92. The van der Waals surface area contributed by atoms with Crippen LogP contribution in [0.5, 0.6) is 0 Å². The summed E-state index contributed by atoms with van der Waals surface area (Å²) in [7, 11) is 0. The third-order valence-electron chi connectivity index (χ3n) is 3.25. The van der Waals surface area contributed by atoms with Crippen LogP contribution in [-0.4, -0.2) is 18.2 Å². The molecule has 0 unspecified atom stereocenters. The Morgan fingerprint density at radius 1 is 1.35 bits per heavy atom. The second-order valence-corrected chi connectivity index (χ2v) is 6.23. The number of ether oxygens (including phenoxy) is 1. The molecule has 2 rings (SSSR count). The van der Waals surface area contributed by atoms with E-state index in [1.54, 1.807) is 51.1 Å². The Morgan fingerprint density at radius 2 is 2.04 bits per heavy atom. The highest BCUT2D eigenvalue weighted by atomic mass is 19.1. The Hall–Kier alpha value is -2.61. The van der Waals surface area contributed by atoms with Crippen LogP contribution in [0, 0.1) is 17.1 Å². The molecule has 5 heteroatoms. The molecular weight excluding hydrogens is 295 g/mol. The van der Waals surface area contributed by atoms with Crippen LogP contribution in [0.25, 0.3) is 10.8 Å². The van der Waals surface area contributed by atoms with Crippen molar-refractivity contribution in [1.29, 1.82) is 5.26 Å². The number of rotatable bonds is 3. The van der Waals surface area contributed by atoms with E-state index in [4.69, 9.17) is 4.74 Å². The van der Waals surface area contributed by atoms with Crippen molar-refractivity contribution in [2.24, 2.45) is 0 Å². The molecule has 0 spiro atoms. The number of halogens is 1. The van der Waals surface area contributed by atoms with E-state index in [1.165, 1.54) is 0 Å². The molecule has 0 aliphatic rings. The third-order valence-corrected chi connectivity index (χ3v) is 3.25. The van der Waals surface area contributed by atoms with Crippen molar-refractivity contribution in [3.63, 3.8) is 0 Å². The Kier molecular flexibility index (Phi) is 4.85. The smallest absolute Gasteiger partial charge is 0.407 e. The zero-order valence-electron chi connectivity index (χ0n) is 13.4. The highest BCUT2D eigenvalue weighted by Gasteiger charge is 2.17. The third kappa shape index (κ3) is 4.19. The molecule has 23 heavy (non-hydrogen) atoms. The highest BCUT2D eigenvalue weighted by Crippen LogP contribution is 2.24. The summed E-state index contributed by atoms with van der Waals surface area (Å²) in [6.45, 7) is 5.49. The topological polar surface area (TPSA) is 62.1 Å². The average Bonchev–Trinajstić information content (AvgIpc) is 2.47. The fourth-order valence-electron chi connectivity index (χ4n) is 2.29. The van der Waals surface area contributed by atoms with Crippen molar-refractivity contribution in [3.05, 3.63) is 47.3 Å². The van der Waals surface area contributed by atoms with Crippen molar-refractivity contribution in [2.45, 2.75) is 32.8 Å². The van der Waals surface area contributed by atoms with Crippen LogP contribution in [0.4, 0.5) is 9.18 Å². The number of nitriles is 1. The van der Waals surface area contributed by atoms with E-state index in [-0.39, 0.29) is 18.5 Å². The number of nitrogens with one attached hydrogen (secondary N) is 1. The summed E-state index contributed by atoms with van der Waals surface area (Å²) in [6.07, 6.45) is -0.337. The Bertz CT molecular complexity index is 773. The number of fused-ring (bicyclic) bond motifs is 1. The SMILES string of the molecule is CC(C)(C)OC(=O)NCCc1c(C#N)cc2ccccc2c1F. The van der Waals surface area contributed by atoms with Gasteiger partial charge < -0.3 is 10.1 Å². The number of carbonyl (C=O) groups is 1. The van der Waals surface area contributed by atoms with Gasteiger partial charge >= 0.3 is 6.09 Å². The van der Waals surface area contributed by atoms with E-state index in [1.807, 2.05) is 6.07 Å². The summed E-state index contributed by atoms with van der Waals surface area (Å²) in [6, 6.07) is 10.7. The Balaban J connectivity index is 2.15. The van der Waals surface area contributed by atoms with Crippen LogP contribution in [0.1, 0.15) is 31.9 Å². The molecule has 4 nitrogen and oxygen atoms in total. The maximum Gasteiger partial charge on any atom is 0.407 e. The number of hydrogen-bond donors (Lipinski definition) is 1. The molecule has 0 bridgehead atoms. The molecule has 0 saturated carbocycles. The highest BCUT2D eigenvalue weighted by molar-refractivity contribution is 5.85. The molecule has 0 atom stereocenters. The van der Waals surface area contributed by atoms with Gasteiger partial charge in [-0.25, -0.2) is 9.18 Å². The minimum absolute atomic E-state index is 0.193. The Morgan fingerprint density at radius 3 is 2.70 bits per heavy atom. The predicted molar refractivity (Wildman–Crippen MR) is 86.6 cm³/mol. The second kappa shape index (κ2) is 6.66. The van der Waals surface area contributed by atoms with Crippen LogP contribution in [0.3, 0.4) is 0 Å². The van der Waals surface area contributed by atoms with E-state index < -0.39 is 17.5 Å². The van der Waals surface area contributed by atoms with Gasteiger partial charge in [-0.05, 0) is 38.6 Å². The fraction of sp³-hybridized carbons (Fsp3) is 0.333.